The number of hydrogen-bond acceptors (Lipinski definition) is 2. The molecule has 3 nitrogen and oxygen atoms in total. The molecule has 0 spiro atoms. The molecule has 1 aromatic carbocycles. The maximum atomic E-state index is 10.7. The van der Waals surface area contributed by atoms with Gasteiger partial charge in [-0.05, 0) is 18.6 Å². The molecule has 0 aliphatic heterocycles. The Bertz CT molecular complexity index is 410. The third kappa shape index (κ3) is 2.46. The van der Waals surface area contributed by atoms with E-state index >= 15 is 0 Å². The zero-order chi connectivity index (χ0) is 10.6. The number of nitrogens with two attached hydrogens (primary N) is 1. The van der Waals surface area contributed by atoms with Crippen molar-refractivity contribution in [3.63, 3.8) is 0 Å². The molecule has 1 rings (SSSR count). The van der Waals surface area contributed by atoms with Gasteiger partial charge in [-0.25, -0.2) is 0 Å². The van der Waals surface area contributed by atoms with Crippen molar-refractivity contribution in [2.75, 3.05) is 0 Å². The van der Waals surface area contributed by atoms with Crippen molar-refractivity contribution in [3.8, 4) is 6.07 Å². The van der Waals surface area contributed by atoms with Gasteiger partial charge < -0.3 is 5.73 Å². The molecule has 0 saturated heterocycles. The number of nitriles is 1. The Kier molecular flexibility index (Phi) is 3.03. The molecule has 3 heteroatoms. The molecule has 0 unspecified atom stereocenters. The monoisotopic (exact) mass is 186 g/mol. The van der Waals surface area contributed by atoms with E-state index in [0.29, 0.717) is 0 Å². The summed E-state index contributed by atoms with van der Waals surface area (Å²) in [6.45, 7) is 1.97. The zero-order valence-corrected chi connectivity index (χ0v) is 7.82. The first-order valence-corrected chi connectivity index (χ1v) is 4.12. The summed E-state index contributed by atoms with van der Waals surface area (Å²) in [5, 5.41) is 8.59. The number of nitrogens with zero attached hydrogens (tertiary/aromatic N) is 1. The molecule has 0 atom stereocenters. The Morgan fingerprint density at radius 2 is 2.00 bits per heavy atom. The third-order valence-corrected chi connectivity index (χ3v) is 1.77. The van der Waals surface area contributed by atoms with Crippen LogP contribution in [0.5, 0.6) is 0 Å². The second kappa shape index (κ2) is 4.24. The van der Waals surface area contributed by atoms with Gasteiger partial charge >= 0.3 is 0 Å². The summed E-state index contributed by atoms with van der Waals surface area (Å²) >= 11 is 0. The van der Waals surface area contributed by atoms with Crippen LogP contribution in [0.1, 0.15) is 11.1 Å². The van der Waals surface area contributed by atoms with Crippen molar-refractivity contribution >= 4 is 12.0 Å². The highest BCUT2D eigenvalue weighted by atomic mass is 16.1. The van der Waals surface area contributed by atoms with Gasteiger partial charge in [0, 0.05) is 0 Å². The molecule has 0 aliphatic carbocycles. The van der Waals surface area contributed by atoms with E-state index in [0.717, 1.165) is 11.1 Å². The van der Waals surface area contributed by atoms with Crippen LogP contribution in [-0.4, -0.2) is 5.91 Å². The zero-order valence-electron chi connectivity index (χ0n) is 7.82. The highest BCUT2D eigenvalue weighted by Gasteiger charge is 2.02. The molecule has 0 aliphatic rings. The van der Waals surface area contributed by atoms with Crippen LogP contribution >= 0.6 is 0 Å². The lowest BCUT2D eigenvalue weighted by molar-refractivity contribution is -0.114. The van der Waals surface area contributed by atoms with Crippen molar-refractivity contribution in [1.82, 2.24) is 0 Å². The molecule has 14 heavy (non-hydrogen) atoms. The normalized spacial score (nSPS) is 10.7. The fraction of sp³-hybridized carbons (Fsp3) is 0.0909. The largest absolute Gasteiger partial charge is 0.365 e. The van der Waals surface area contributed by atoms with Crippen LogP contribution in [-0.2, 0) is 4.79 Å². The summed E-state index contributed by atoms with van der Waals surface area (Å²) in [4.78, 5) is 10.7. The minimum absolute atomic E-state index is 0.0335. The smallest absolute Gasteiger partial charge is 0.259 e. The minimum atomic E-state index is -0.701. The lowest BCUT2D eigenvalue weighted by Crippen LogP contribution is -2.12. The summed E-state index contributed by atoms with van der Waals surface area (Å²) < 4.78 is 0. The Morgan fingerprint density at radius 1 is 1.43 bits per heavy atom. The summed E-state index contributed by atoms with van der Waals surface area (Å²) in [7, 11) is 0. The lowest BCUT2D eigenvalue weighted by atomic mass is 10.1. The Hall–Kier alpha value is -2.08. The van der Waals surface area contributed by atoms with E-state index in [2.05, 4.69) is 0 Å². The van der Waals surface area contributed by atoms with Gasteiger partial charge in [-0.2, -0.15) is 5.26 Å². The molecular weight excluding hydrogens is 176 g/mol. The molecule has 1 aromatic rings. The quantitative estimate of drug-likeness (QED) is 0.560. The van der Waals surface area contributed by atoms with E-state index in [1.165, 1.54) is 6.08 Å². The molecule has 0 heterocycles. The highest BCUT2D eigenvalue weighted by molar-refractivity contribution is 6.00. The molecule has 0 bridgehead atoms. The number of amides is 1. The number of carbonyl (C=O) groups excluding carboxylic acids is 1. The Labute approximate surface area is 82.5 Å². The summed E-state index contributed by atoms with van der Waals surface area (Å²) in [6, 6.07) is 9.22. The van der Waals surface area contributed by atoms with Crippen LogP contribution in [0.2, 0.25) is 0 Å². The van der Waals surface area contributed by atoms with Crippen LogP contribution in [0.3, 0.4) is 0 Å². The van der Waals surface area contributed by atoms with Gasteiger partial charge in [0.05, 0.1) is 0 Å². The standard InChI is InChI=1S/C11H10N2O/c1-8-2-4-9(5-3-8)6-10(7-12)11(13)14/h2-6H,1H3,(H2,13,14)/b10-6+. The van der Waals surface area contributed by atoms with Gasteiger partial charge in [0.2, 0.25) is 0 Å². The highest BCUT2D eigenvalue weighted by Crippen LogP contribution is 2.07. The van der Waals surface area contributed by atoms with Gasteiger partial charge in [-0.3, -0.25) is 4.79 Å². The number of primary amides is 1. The first kappa shape index (κ1) is 10.0. The molecule has 70 valence electrons. The number of rotatable bonds is 2. The SMILES string of the molecule is Cc1ccc(/C=C(\C#N)C(N)=O)cc1. The van der Waals surface area contributed by atoms with Crippen molar-refractivity contribution in [2.24, 2.45) is 5.73 Å². The summed E-state index contributed by atoms with van der Waals surface area (Å²) in [6.07, 6.45) is 1.47. The van der Waals surface area contributed by atoms with Crippen LogP contribution < -0.4 is 5.73 Å². The maximum absolute atomic E-state index is 10.7. The number of carbonyl (C=O) groups is 1. The van der Waals surface area contributed by atoms with Gasteiger partial charge in [0.25, 0.3) is 5.91 Å². The van der Waals surface area contributed by atoms with Crippen molar-refractivity contribution in [2.45, 2.75) is 6.92 Å². The number of hydrogen-bond donors (Lipinski definition) is 1. The first-order valence-electron chi connectivity index (χ1n) is 4.12. The third-order valence-electron chi connectivity index (χ3n) is 1.77. The Balaban J connectivity index is 3.03. The molecule has 0 aromatic heterocycles. The van der Waals surface area contributed by atoms with Crippen molar-refractivity contribution in [1.29, 1.82) is 5.26 Å². The van der Waals surface area contributed by atoms with Crippen LogP contribution in [0, 0.1) is 18.3 Å². The van der Waals surface area contributed by atoms with Gasteiger partial charge in [0.1, 0.15) is 11.6 Å². The summed E-state index contributed by atoms with van der Waals surface area (Å²) in [5.74, 6) is -0.701. The molecule has 0 radical (unpaired) electrons. The predicted molar refractivity (Wildman–Crippen MR) is 54.0 cm³/mol. The van der Waals surface area contributed by atoms with E-state index in [1.807, 2.05) is 31.2 Å². The van der Waals surface area contributed by atoms with E-state index in [-0.39, 0.29) is 5.57 Å². The topological polar surface area (TPSA) is 66.9 Å². The number of aryl methyl sites for hydroxylation is 1. The maximum Gasteiger partial charge on any atom is 0.259 e. The average Bonchev–Trinajstić information content (AvgIpc) is 2.16. The van der Waals surface area contributed by atoms with E-state index < -0.39 is 5.91 Å². The first-order chi connectivity index (χ1) is 6.63. The molecule has 0 fully saturated rings. The van der Waals surface area contributed by atoms with E-state index in [4.69, 9.17) is 11.0 Å². The minimum Gasteiger partial charge on any atom is -0.365 e. The van der Waals surface area contributed by atoms with Gasteiger partial charge in [0.15, 0.2) is 0 Å². The predicted octanol–water partition coefficient (Wildman–Crippen LogP) is 1.39. The molecule has 0 saturated carbocycles. The van der Waals surface area contributed by atoms with Gasteiger partial charge in [-0.1, -0.05) is 29.8 Å². The van der Waals surface area contributed by atoms with Crippen molar-refractivity contribution in [3.05, 3.63) is 41.0 Å². The van der Waals surface area contributed by atoms with Crippen LogP contribution in [0.25, 0.3) is 6.08 Å². The lowest BCUT2D eigenvalue weighted by Gasteiger charge is -1.95. The fourth-order valence-electron chi connectivity index (χ4n) is 0.988. The molecule has 1 amide bonds. The van der Waals surface area contributed by atoms with Gasteiger partial charge in [-0.15, -0.1) is 0 Å². The number of benzene rings is 1. The van der Waals surface area contributed by atoms with Crippen LogP contribution in [0.4, 0.5) is 0 Å². The van der Waals surface area contributed by atoms with E-state index in [9.17, 15) is 4.79 Å². The second-order valence-electron chi connectivity index (χ2n) is 2.94. The fourth-order valence-corrected chi connectivity index (χ4v) is 0.988. The van der Waals surface area contributed by atoms with E-state index in [1.54, 1.807) is 6.07 Å². The second-order valence-corrected chi connectivity index (χ2v) is 2.94. The average molecular weight is 186 g/mol. The van der Waals surface area contributed by atoms with Crippen LogP contribution in [0.15, 0.2) is 29.8 Å². The Morgan fingerprint density at radius 3 is 2.43 bits per heavy atom. The van der Waals surface area contributed by atoms with Crippen molar-refractivity contribution < 1.29 is 4.79 Å². The summed E-state index contributed by atoms with van der Waals surface area (Å²) in [5.41, 5.74) is 6.88. The molecular formula is C11H10N2O. The molecule has 2 N–H and O–H groups in total.